The molecule has 2 heterocycles. The minimum atomic E-state index is -0.0343. The summed E-state index contributed by atoms with van der Waals surface area (Å²) in [5, 5.41) is 7.77. The van der Waals surface area contributed by atoms with Crippen LogP contribution in [0.5, 0.6) is 0 Å². The highest BCUT2D eigenvalue weighted by Gasteiger charge is 2.05. The van der Waals surface area contributed by atoms with E-state index >= 15 is 0 Å². The SMILES string of the molecule is O=c1ccn2c(Cc3cccc(Cl)c3)n[nH]c2c1. The molecule has 1 aromatic carbocycles. The highest BCUT2D eigenvalue weighted by atomic mass is 35.5. The lowest BCUT2D eigenvalue weighted by Crippen LogP contribution is -2.01. The number of pyridine rings is 1. The lowest BCUT2D eigenvalue weighted by molar-refractivity contribution is 0.934. The number of rotatable bonds is 2. The summed E-state index contributed by atoms with van der Waals surface area (Å²) in [7, 11) is 0. The van der Waals surface area contributed by atoms with Gasteiger partial charge in [0.1, 0.15) is 11.5 Å². The van der Waals surface area contributed by atoms with Crippen LogP contribution in [0.15, 0.2) is 47.4 Å². The second kappa shape index (κ2) is 4.31. The van der Waals surface area contributed by atoms with Gasteiger partial charge in [-0.15, -0.1) is 0 Å². The predicted molar refractivity (Wildman–Crippen MR) is 70.1 cm³/mol. The molecule has 18 heavy (non-hydrogen) atoms. The van der Waals surface area contributed by atoms with E-state index in [1.54, 1.807) is 6.20 Å². The van der Waals surface area contributed by atoms with Gasteiger partial charge in [0, 0.05) is 29.8 Å². The Balaban J connectivity index is 2.03. The van der Waals surface area contributed by atoms with Crippen LogP contribution in [-0.4, -0.2) is 14.6 Å². The van der Waals surface area contributed by atoms with Gasteiger partial charge in [0.15, 0.2) is 5.43 Å². The first-order chi connectivity index (χ1) is 8.72. The molecule has 4 nitrogen and oxygen atoms in total. The van der Waals surface area contributed by atoms with Crippen LogP contribution in [0, 0.1) is 0 Å². The largest absolute Gasteiger partial charge is 0.290 e. The topological polar surface area (TPSA) is 50.2 Å². The number of aromatic amines is 1. The minimum absolute atomic E-state index is 0.0343. The van der Waals surface area contributed by atoms with E-state index in [2.05, 4.69) is 10.2 Å². The molecule has 0 bridgehead atoms. The predicted octanol–water partition coefficient (Wildman–Crippen LogP) is 2.27. The summed E-state index contributed by atoms with van der Waals surface area (Å²) < 4.78 is 1.86. The molecule has 0 aliphatic carbocycles. The van der Waals surface area contributed by atoms with Crippen molar-refractivity contribution in [2.24, 2.45) is 0 Å². The molecule has 3 aromatic rings. The fourth-order valence-corrected chi connectivity index (χ4v) is 2.13. The lowest BCUT2D eigenvalue weighted by Gasteiger charge is -2.00. The highest BCUT2D eigenvalue weighted by molar-refractivity contribution is 6.30. The molecule has 0 fully saturated rings. The number of benzene rings is 1. The molecule has 0 spiro atoms. The second-order valence-electron chi connectivity index (χ2n) is 4.06. The number of halogens is 1. The summed E-state index contributed by atoms with van der Waals surface area (Å²) in [4.78, 5) is 11.2. The van der Waals surface area contributed by atoms with Crippen molar-refractivity contribution >= 4 is 17.2 Å². The third-order valence-corrected chi connectivity index (χ3v) is 2.99. The van der Waals surface area contributed by atoms with Crippen LogP contribution in [0.1, 0.15) is 11.4 Å². The zero-order valence-electron chi connectivity index (χ0n) is 9.43. The standard InChI is InChI=1S/C13H10ClN3O/c14-10-3-1-2-9(6-10)7-12-15-16-13-8-11(18)4-5-17(12)13/h1-6,8,16H,7H2. The second-order valence-corrected chi connectivity index (χ2v) is 4.50. The zero-order chi connectivity index (χ0) is 12.5. The van der Waals surface area contributed by atoms with Gasteiger partial charge in [-0.05, 0) is 17.7 Å². The number of hydrogen-bond acceptors (Lipinski definition) is 2. The van der Waals surface area contributed by atoms with E-state index in [9.17, 15) is 4.79 Å². The zero-order valence-corrected chi connectivity index (χ0v) is 10.2. The van der Waals surface area contributed by atoms with Crippen molar-refractivity contribution in [3.8, 4) is 0 Å². The monoisotopic (exact) mass is 259 g/mol. The fraction of sp³-hybridized carbons (Fsp3) is 0.0769. The Morgan fingerprint density at radius 1 is 1.28 bits per heavy atom. The summed E-state index contributed by atoms with van der Waals surface area (Å²) in [6, 6.07) is 10.7. The van der Waals surface area contributed by atoms with Crippen molar-refractivity contribution in [3.63, 3.8) is 0 Å². The summed E-state index contributed by atoms with van der Waals surface area (Å²) >= 11 is 5.95. The molecule has 0 aliphatic rings. The smallest absolute Gasteiger partial charge is 0.183 e. The maximum absolute atomic E-state index is 11.2. The first-order valence-corrected chi connectivity index (χ1v) is 5.90. The number of aromatic nitrogens is 3. The number of fused-ring (bicyclic) bond motifs is 1. The Hall–Kier alpha value is -2.07. The van der Waals surface area contributed by atoms with Crippen molar-refractivity contribution in [2.45, 2.75) is 6.42 Å². The Morgan fingerprint density at radius 3 is 3.00 bits per heavy atom. The van der Waals surface area contributed by atoms with Crippen molar-refractivity contribution in [3.05, 3.63) is 69.2 Å². The van der Waals surface area contributed by atoms with Gasteiger partial charge in [0.2, 0.25) is 0 Å². The van der Waals surface area contributed by atoms with E-state index in [0.717, 1.165) is 11.4 Å². The quantitative estimate of drug-likeness (QED) is 0.768. The molecule has 0 amide bonds. The average molecular weight is 260 g/mol. The first-order valence-electron chi connectivity index (χ1n) is 5.52. The van der Waals surface area contributed by atoms with E-state index in [0.29, 0.717) is 17.1 Å². The summed E-state index contributed by atoms with van der Waals surface area (Å²) in [5.74, 6) is 0.840. The molecular formula is C13H10ClN3O. The average Bonchev–Trinajstić information content (AvgIpc) is 2.72. The molecule has 0 saturated heterocycles. The van der Waals surface area contributed by atoms with Crippen molar-refractivity contribution in [1.82, 2.24) is 14.6 Å². The van der Waals surface area contributed by atoms with Gasteiger partial charge in [0.05, 0.1) is 0 Å². The van der Waals surface area contributed by atoms with Gasteiger partial charge >= 0.3 is 0 Å². The van der Waals surface area contributed by atoms with Crippen molar-refractivity contribution in [2.75, 3.05) is 0 Å². The van der Waals surface area contributed by atoms with E-state index in [1.165, 1.54) is 12.1 Å². The fourth-order valence-electron chi connectivity index (χ4n) is 1.92. The van der Waals surface area contributed by atoms with Gasteiger partial charge in [-0.3, -0.25) is 14.3 Å². The number of H-pyrrole nitrogens is 1. The molecule has 0 radical (unpaired) electrons. The van der Waals surface area contributed by atoms with Crippen LogP contribution in [0.3, 0.4) is 0 Å². The van der Waals surface area contributed by atoms with Crippen LogP contribution >= 0.6 is 11.6 Å². The van der Waals surface area contributed by atoms with E-state index < -0.39 is 0 Å². The molecule has 0 unspecified atom stereocenters. The maximum atomic E-state index is 11.2. The summed E-state index contributed by atoms with van der Waals surface area (Å²) in [5.41, 5.74) is 1.74. The third kappa shape index (κ3) is 2.02. The third-order valence-electron chi connectivity index (χ3n) is 2.76. The van der Waals surface area contributed by atoms with Gasteiger partial charge in [-0.2, -0.15) is 5.10 Å². The number of nitrogens with one attached hydrogen (secondary N) is 1. The molecule has 5 heteroatoms. The van der Waals surface area contributed by atoms with Crippen LogP contribution in [0.25, 0.3) is 5.65 Å². The minimum Gasteiger partial charge on any atom is -0.290 e. The van der Waals surface area contributed by atoms with Crippen molar-refractivity contribution < 1.29 is 0 Å². The molecule has 3 rings (SSSR count). The number of nitrogens with zero attached hydrogens (tertiary/aromatic N) is 2. The maximum Gasteiger partial charge on any atom is 0.183 e. The lowest BCUT2D eigenvalue weighted by atomic mass is 10.1. The molecule has 2 aromatic heterocycles. The van der Waals surface area contributed by atoms with E-state index in [-0.39, 0.29) is 5.43 Å². The Bertz CT molecular complexity index is 760. The van der Waals surface area contributed by atoms with Crippen LogP contribution in [-0.2, 0) is 6.42 Å². The molecular weight excluding hydrogens is 250 g/mol. The molecule has 0 aliphatic heterocycles. The Labute approximate surface area is 108 Å². The van der Waals surface area contributed by atoms with Crippen molar-refractivity contribution in [1.29, 1.82) is 0 Å². The summed E-state index contributed by atoms with van der Waals surface area (Å²) in [6.07, 6.45) is 2.38. The van der Waals surface area contributed by atoms with Crippen LogP contribution < -0.4 is 5.43 Å². The molecule has 90 valence electrons. The first kappa shape index (κ1) is 11.0. The summed E-state index contributed by atoms with van der Waals surface area (Å²) in [6.45, 7) is 0. The molecule has 0 saturated carbocycles. The Morgan fingerprint density at radius 2 is 2.17 bits per heavy atom. The van der Waals surface area contributed by atoms with Gasteiger partial charge < -0.3 is 0 Å². The molecule has 0 atom stereocenters. The molecule has 1 N–H and O–H groups in total. The Kier molecular flexibility index (Phi) is 2.64. The van der Waals surface area contributed by atoms with Crippen LogP contribution in [0.2, 0.25) is 5.02 Å². The normalized spacial score (nSPS) is 10.9. The highest BCUT2D eigenvalue weighted by Crippen LogP contribution is 2.14. The van der Waals surface area contributed by atoms with Crippen LogP contribution in [0.4, 0.5) is 0 Å². The number of hydrogen-bond donors (Lipinski definition) is 1. The van der Waals surface area contributed by atoms with Gasteiger partial charge in [-0.25, -0.2) is 0 Å². The van der Waals surface area contributed by atoms with E-state index in [1.807, 2.05) is 28.7 Å². The van der Waals surface area contributed by atoms with Gasteiger partial charge in [0.25, 0.3) is 0 Å². The van der Waals surface area contributed by atoms with E-state index in [4.69, 9.17) is 11.6 Å². The van der Waals surface area contributed by atoms with Gasteiger partial charge in [-0.1, -0.05) is 23.7 Å².